The van der Waals surface area contributed by atoms with Crippen LogP contribution in [-0.4, -0.2) is 8.42 Å². The summed E-state index contributed by atoms with van der Waals surface area (Å²) in [5, 5.41) is 8.70. The molecule has 0 spiro atoms. The van der Waals surface area contributed by atoms with Crippen LogP contribution in [0.4, 0.5) is 5.69 Å². The van der Waals surface area contributed by atoms with Crippen molar-refractivity contribution in [3.05, 3.63) is 59.7 Å². The Morgan fingerprint density at radius 1 is 1.15 bits per heavy atom. The summed E-state index contributed by atoms with van der Waals surface area (Å²) in [6.45, 7) is 0.340. The maximum atomic E-state index is 12.2. The number of hydrogen-bond acceptors (Lipinski definition) is 4. The molecule has 3 N–H and O–H groups in total. The molecule has 5 nitrogen and oxygen atoms in total. The lowest BCUT2D eigenvalue weighted by atomic mass is 10.2. The quantitative estimate of drug-likeness (QED) is 0.896. The van der Waals surface area contributed by atoms with Gasteiger partial charge in [-0.05, 0) is 42.0 Å². The average Bonchev–Trinajstić information content (AvgIpc) is 2.47. The number of sulfonamides is 1. The molecule has 0 fully saturated rings. The van der Waals surface area contributed by atoms with Gasteiger partial charge in [0.25, 0.3) is 10.0 Å². The molecule has 0 unspecified atom stereocenters. The second kappa shape index (κ2) is 5.74. The van der Waals surface area contributed by atoms with Crippen molar-refractivity contribution in [3.8, 4) is 6.07 Å². The van der Waals surface area contributed by atoms with Crippen molar-refractivity contribution in [2.45, 2.75) is 11.4 Å². The third kappa shape index (κ3) is 3.15. The Labute approximate surface area is 117 Å². The van der Waals surface area contributed by atoms with E-state index in [9.17, 15) is 8.42 Å². The van der Waals surface area contributed by atoms with E-state index in [0.717, 1.165) is 5.56 Å². The van der Waals surface area contributed by atoms with Crippen molar-refractivity contribution in [2.24, 2.45) is 5.73 Å². The first-order valence-electron chi connectivity index (χ1n) is 5.87. The molecule has 0 saturated carbocycles. The number of anilines is 1. The van der Waals surface area contributed by atoms with Crippen LogP contribution in [0.2, 0.25) is 0 Å². The highest BCUT2D eigenvalue weighted by molar-refractivity contribution is 7.92. The summed E-state index contributed by atoms with van der Waals surface area (Å²) in [5.74, 6) is 0. The number of nitrogens with zero attached hydrogens (tertiary/aromatic N) is 1. The van der Waals surface area contributed by atoms with Crippen molar-refractivity contribution in [3.63, 3.8) is 0 Å². The third-order valence-electron chi connectivity index (χ3n) is 2.71. The normalized spacial score (nSPS) is 10.8. The second-order valence-electron chi connectivity index (χ2n) is 4.15. The molecule has 0 aliphatic heterocycles. The maximum absolute atomic E-state index is 12.2. The number of rotatable bonds is 4. The van der Waals surface area contributed by atoms with Crippen LogP contribution in [0.1, 0.15) is 11.1 Å². The van der Waals surface area contributed by atoms with Crippen LogP contribution < -0.4 is 10.5 Å². The number of nitriles is 1. The summed E-state index contributed by atoms with van der Waals surface area (Å²) in [4.78, 5) is 0.106. The zero-order valence-corrected chi connectivity index (χ0v) is 11.4. The number of nitrogens with two attached hydrogens (primary N) is 1. The number of hydrogen-bond donors (Lipinski definition) is 2. The summed E-state index contributed by atoms with van der Waals surface area (Å²) in [6, 6.07) is 14.5. The van der Waals surface area contributed by atoms with Gasteiger partial charge in [0.05, 0.1) is 16.5 Å². The molecule has 2 rings (SSSR count). The fraction of sp³-hybridized carbons (Fsp3) is 0.0714. The van der Waals surface area contributed by atoms with Crippen LogP contribution in [0.25, 0.3) is 0 Å². The van der Waals surface area contributed by atoms with E-state index in [1.807, 2.05) is 12.1 Å². The minimum Gasteiger partial charge on any atom is -0.326 e. The van der Waals surface area contributed by atoms with Crippen molar-refractivity contribution in [1.82, 2.24) is 0 Å². The standard InChI is InChI=1S/C14H13N3O2S/c15-9-11-4-6-14(7-5-11)20(18,19)17-13-3-1-2-12(8-13)10-16/h1-8,17H,10,16H2. The van der Waals surface area contributed by atoms with Gasteiger partial charge in [0.15, 0.2) is 0 Å². The van der Waals surface area contributed by atoms with Gasteiger partial charge in [-0.25, -0.2) is 8.42 Å². The third-order valence-corrected chi connectivity index (χ3v) is 4.11. The minimum absolute atomic E-state index is 0.106. The molecular weight excluding hydrogens is 274 g/mol. The van der Waals surface area contributed by atoms with E-state index in [4.69, 9.17) is 11.0 Å². The molecule has 102 valence electrons. The SMILES string of the molecule is N#Cc1ccc(S(=O)(=O)Nc2cccc(CN)c2)cc1. The van der Waals surface area contributed by atoms with Crippen LogP contribution >= 0.6 is 0 Å². The first kappa shape index (κ1) is 14.1. The van der Waals surface area contributed by atoms with Gasteiger partial charge in [-0.1, -0.05) is 12.1 Å². The Kier molecular flexibility index (Phi) is 4.03. The van der Waals surface area contributed by atoms with Gasteiger partial charge >= 0.3 is 0 Å². The molecule has 0 aromatic heterocycles. The fourth-order valence-corrected chi connectivity index (χ4v) is 2.73. The van der Waals surface area contributed by atoms with E-state index < -0.39 is 10.0 Å². The maximum Gasteiger partial charge on any atom is 0.261 e. The molecule has 0 radical (unpaired) electrons. The molecule has 0 aliphatic rings. The van der Waals surface area contributed by atoms with E-state index in [-0.39, 0.29) is 4.90 Å². The topological polar surface area (TPSA) is 96.0 Å². The Morgan fingerprint density at radius 3 is 2.45 bits per heavy atom. The lowest BCUT2D eigenvalue weighted by Crippen LogP contribution is -2.13. The highest BCUT2D eigenvalue weighted by Crippen LogP contribution is 2.17. The first-order valence-corrected chi connectivity index (χ1v) is 7.35. The fourth-order valence-electron chi connectivity index (χ4n) is 1.68. The summed E-state index contributed by atoms with van der Waals surface area (Å²) in [7, 11) is -3.66. The van der Waals surface area contributed by atoms with Crippen LogP contribution in [0.15, 0.2) is 53.4 Å². The minimum atomic E-state index is -3.66. The molecular formula is C14H13N3O2S. The number of benzene rings is 2. The largest absolute Gasteiger partial charge is 0.326 e. The van der Waals surface area contributed by atoms with Crippen LogP contribution in [0.3, 0.4) is 0 Å². The van der Waals surface area contributed by atoms with Gasteiger partial charge in [-0.2, -0.15) is 5.26 Å². The molecule has 0 amide bonds. The molecule has 0 bridgehead atoms. The van der Waals surface area contributed by atoms with Crippen molar-refractivity contribution >= 4 is 15.7 Å². The van der Waals surface area contributed by atoms with E-state index in [0.29, 0.717) is 17.8 Å². The molecule has 0 saturated heterocycles. The van der Waals surface area contributed by atoms with Gasteiger partial charge in [0.2, 0.25) is 0 Å². The lowest BCUT2D eigenvalue weighted by Gasteiger charge is -2.09. The van der Waals surface area contributed by atoms with Gasteiger partial charge in [-0.15, -0.1) is 0 Å². The second-order valence-corrected chi connectivity index (χ2v) is 5.83. The summed E-state index contributed by atoms with van der Waals surface area (Å²) in [6.07, 6.45) is 0. The predicted octanol–water partition coefficient (Wildman–Crippen LogP) is 1.82. The zero-order chi connectivity index (χ0) is 14.6. The Balaban J connectivity index is 2.28. The molecule has 0 atom stereocenters. The van der Waals surface area contributed by atoms with Crippen molar-refractivity contribution in [2.75, 3.05) is 4.72 Å². The number of nitrogens with one attached hydrogen (secondary N) is 1. The summed E-state index contributed by atoms with van der Waals surface area (Å²) >= 11 is 0. The molecule has 0 aliphatic carbocycles. The molecule has 2 aromatic carbocycles. The smallest absolute Gasteiger partial charge is 0.261 e. The van der Waals surface area contributed by atoms with Crippen molar-refractivity contribution in [1.29, 1.82) is 5.26 Å². The lowest BCUT2D eigenvalue weighted by molar-refractivity contribution is 0.601. The Hall–Kier alpha value is -2.36. The Bertz CT molecular complexity index is 747. The van der Waals surface area contributed by atoms with Crippen LogP contribution in [0, 0.1) is 11.3 Å². The average molecular weight is 287 g/mol. The van der Waals surface area contributed by atoms with Crippen LogP contribution in [0.5, 0.6) is 0 Å². The highest BCUT2D eigenvalue weighted by atomic mass is 32.2. The van der Waals surface area contributed by atoms with Gasteiger partial charge in [0.1, 0.15) is 0 Å². The predicted molar refractivity (Wildman–Crippen MR) is 76.3 cm³/mol. The molecule has 0 heterocycles. The molecule has 20 heavy (non-hydrogen) atoms. The zero-order valence-electron chi connectivity index (χ0n) is 10.6. The van der Waals surface area contributed by atoms with E-state index in [1.54, 1.807) is 18.2 Å². The van der Waals surface area contributed by atoms with Crippen LogP contribution in [-0.2, 0) is 16.6 Å². The van der Waals surface area contributed by atoms with E-state index in [1.165, 1.54) is 24.3 Å². The van der Waals surface area contributed by atoms with Gasteiger partial charge in [-0.3, -0.25) is 4.72 Å². The van der Waals surface area contributed by atoms with Gasteiger partial charge < -0.3 is 5.73 Å². The van der Waals surface area contributed by atoms with Crippen molar-refractivity contribution < 1.29 is 8.42 Å². The first-order chi connectivity index (χ1) is 9.55. The summed E-state index contributed by atoms with van der Waals surface area (Å²) in [5.41, 5.74) is 7.22. The molecule has 2 aromatic rings. The highest BCUT2D eigenvalue weighted by Gasteiger charge is 2.14. The van der Waals surface area contributed by atoms with E-state index >= 15 is 0 Å². The summed E-state index contributed by atoms with van der Waals surface area (Å²) < 4.78 is 26.8. The van der Waals surface area contributed by atoms with E-state index in [2.05, 4.69) is 4.72 Å². The Morgan fingerprint density at radius 2 is 1.85 bits per heavy atom. The van der Waals surface area contributed by atoms with Gasteiger partial charge in [0, 0.05) is 12.2 Å². The molecule has 6 heteroatoms. The monoisotopic (exact) mass is 287 g/mol.